The van der Waals surface area contributed by atoms with Crippen molar-refractivity contribution in [3.8, 4) is 0 Å². The molecule has 2 amide bonds. The minimum absolute atomic E-state index is 0. The maximum absolute atomic E-state index is 12.3. The Bertz CT molecular complexity index is 564. The molecular formula is C16H25BrClN3O2. The SMILES string of the molecule is CCCC(C)(N)C(=O)N(C)CC(=O)Nc1ccc(Br)cc1C.Cl. The summed E-state index contributed by atoms with van der Waals surface area (Å²) >= 11 is 3.38. The van der Waals surface area contributed by atoms with Crippen molar-refractivity contribution in [1.29, 1.82) is 0 Å². The lowest BCUT2D eigenvalue weighted by atomic mass is 9.96. The van der Waals surface area contributed by atoms with Gasteiger partial charge in [-0.2, -0.15) is 0 Å². The van der Waals surface area contributed by atoms with E-state index in [4.69, 9.17) is 5.73 Å². The van der Waals surface area contributed by atoms with Gasteiger partial charge in [0.15, 0.2) is 0 Å². The second kappa shape index (κ2) is 9.25. The van der Waals surface area contributed by atoms with Crippen LogP contribution in [0.2, 0.25) is 0 Å². The summed E-state index contributed by atoms with van der Waals surface area (Å²) in [6, 6.07) is 5.60. The minimum atomic E-state index is -0.933. The molecule has 0 saturated heterocycles. The first kappa shape index (κ1) is 21.9. The summed E-state index contributed by atoms with van der Waals surface area (Å²) in [6.07, 6.45) is 1.40. The first-order chi connectivity index (χ1) is 10.2. The summed E-state index contributed by atoms with van der Waals surface area (Å²) in [4.78, 5) is 25.7. The monoisotopic (exact) mass is 405 g/mol. The molecule has 23 heavy (non-hydrogen) atoms. The molecule has 7 heteroatoms. The number of hydrogen-bond donors (Lipinski definition) is 2. The van der Waals surface area contributed by atoms with Crippen LogP contribution in [0.4, 0.5) is 5.69 Å². The van der Waals surface area contributed by atoms with Gasteiger partial charge in [-0.05, 0) is 44.0 Å². The van der Waals surface area contributed by atoms with Crippen molar-refractivity contribution in [3.63, 3.8) is 0 Å². The topological polar surface area (TPSA) is 75.4 Å². The fourth-order valence-electron chi connectivity index (χ4n) is 2.31. The summed E-state index contributed by atoms with van der Waals surface area (Å²) in [7, 11) is 1.59. The molecule has 1 aromatic carbocycles. The summed E-state index contributed by atoms with van der Waals surface area (Å²) < 4.78 is 0.953. The van der Waals surface area contributed by atoms with Crippen molar-refractivity contribution in [2.45, 2.75) is 39.2 Å². The molecule has 1 rings (SSSR count). The van der Waals surface area contributed by atoms with Gasteiger partial charge in [0.05, 0.1) is 12.1 Å². The molecular weight excluding hydrogens is 382 g/mol. The molecule has 1 unspecified atom stereocenters. The van der Waals surface area contributed by atoms with Crippen LogP contribution in [0, 0.1) is 6.92 Å². The zero-order valence-corrected chi connectivity index (χ0v) is 16.4. The number of nitrogens with two attached hydrogens (primary N) is 1. The van der Waals surface area contributed by atoms with E-state index >= 15 is 0 Å². The number of rotatable bonds is 6. The number of halogens is 2. The Morgan fingerprint density at radius 2 is 2.00 bits per heavy atom. The second-order valence-corrected chi connectivity index (χ2v) is 6.75. The van der Waals surface area contributed by atoms with Gasteiger partial charge in [-0.25, -0.2) is 0 Å². The third-order valence-electron chi connectivity index (χ3n) is 3.45. The predicted octanol–water partition coefficient (Wildman–Crippen LogP) is 3.09. The highest BCUT2D eigenvalue weighted by atomic mass is 79.9. The first-order valence-electron chi connectivity index (χ1n) is 7.28. The lowest BCUT2D eigenvalue weighted by molar-refractivity contribution is -0.137. The highest BCUT2D eigenvalue weighted by Gasteiger charge is 2.30. The molecule has 0 heterocycles. The number of nitrogens with one attached hydrogen (secondary N) is 1. The van der Waals surface area contributed by atoms with Crippen LogP contribution >= 0.6 is 28.3 Å². The van der Waals surface area contributed by atoms with Gasteiger partial charge in [0.1, 0.15) is 0 Å². The van der Waals surface area contributed by atoms with Crippen LogP contribution in [-0.4, -0.2) is 35.8 Å². The van der Waals surface area contributed by atoms with Gasteiger partial charge in [0, 0.05) is 17.2 Å². The van der Waals surface area contributed by atoms with Crippen molar-refractivity contribution in [2.75, 3.05) is 18.9 Å². The smallest absolute Gasteiger partial charge is 0.243 e. The van der Waals surface area contributed by atoms with Crippen molar-refractivity contribution in [3.05, 3.63) is 28.2 Å². The molecule has 1 atom stereocenters. The van der Waals surface area contributed by atoms with E-state index in [1.54, 1.807) is 14.0 Å². The van der Waals surface area contributed by atoms with Crippen molar-refractivity contribution < 1.29 is 9.59 Å². The summed E-state index contributed by atoms with van der Waals surface area (Å²) in [5.74, 6) is -0.467. The van der Waals surface area contributed by atoms with Crippen LogP contribution in [0.25, 0.3) is 0 Å². The average Bonchev–Trinajstić information content (AvgIpc) is 2.41. The highest BCUT2D eigenvalue weighted by Crippen LogP contribution is 2.20. The Balaban J connectivity index is 0.00000484. The van der Waals surface area contributed by atoms with Gasteiger partial charge in [0.25, 0.3) is 0 Å². The fourth-order valence-corrected chi connectivity index (χ4v) is 2.78. The number of amides is 2. The van der Waals surface area contributed by atoms with E-state index in [9.17, 15) is 9.59 Å². The van der Waals surface area contributed by atoms with E-state index in [0.717, 1.165) is 22.1 Å². The van der Waals surface area contributed by atoms with Gasteiger partial charge < -0.3 is 16.0 Å². The quantitative estimate of drug-likeness (QED) is 0.762. The number of carbonyl (C=O) groups is 2. The third-order valence-corrected chi connectivity index (χ3v) is 3.94. The lowest BCUT2D eigenvalue weighted by Gasteiger charge is -2.28. The number of benzene rings is 1. The van der Waals surface area contributed by atoms with Crippen molar-refractivity contribution >= 4 is 45.8 Å². The van der Waals surface area contributed by atoms with E-state index in [1.807, 2.05) is 32.0 Å². The molecule has 0 fully saturated rings. The summed E-state index contributed by atoms with van der Waals surface area (Å²) in [5, 5.41) is 2.81. The van der Waals surface area contributed by atoms with E-state index in [1.165, 1.54) is 4.90 Å². The largest absolute Gasteiger partial charge is 0.335 e. The zero-order valence-electron chi connectivity index (χ0n) is 14.0. The molecule has 0 bridgehead atoms. The Hall–Kier alpha value is -1.11. The second-order valence-electron chi connectivity index (χ2n) is 5.84. The number of likely N-dealkylation sites (N-methyl/N-ethyl adjacent to an activating group) is 1. The molecule has 130 valence electrons. The van der Waals surface area contributed by atoms with Gasteiger partial charge in [-0.3, -0.25) is 9.59 Å². The number of carbonyl (C=O) groups excluding carboxylic acids is 2. The number of anilines is 1. The van der Waals surface area contributed by atoms with Gasteiger partial charge in [0.2, 0.25) is 11.8 Å². The molecule has 0 saturated carbocycles. The van der Waals surface area contributed by atoms with E-state index in [-0.39, 0.29) is 30.8 Å². The number of nitrogens with zero attached hydrogens (tertiary/aromatic N) is 1. The lowest BCUT2D eigenvalue weighted by Crippen LogP contribution is -2.53. The van der Waals surface area contributed by atoms with Crippen LogP contribution in [-0.2, 0) is 9.59 Å². The number of aryl methyl sites for hydroxylation is 1. The van der Waals surface area contributed by atoms with Crippen LogP contribution in [0.15, 0.2) is 22.7 Å². The van der Waals surface area contributed by atoms with Crippen LogP contribution in [0.3, 0.4) is 0 Å². The van der Waals surface area contributed by atoms with Crippen molar-refractivity contribution in [1.82, 2.24) is 4.90 Å². The Labute approximate surface area is 152 Å². The standard InChI is InChI=1S/C16H24BrN3O2.ClH/c1-5-8-16(3,18)15(22)20(4)10-14(21)19-13-7-6-12(17)9-11(13)2;/h6-7,9H,5,8,10,18H2,1-4H3,(H,19,21);1H. The molecule has 0 aromatic heterocycles. The molecule has 3 N–H and O–H groups in total. The van der Waals surface area contributed by atoms with Gasteiger partial charge >= 0.3 is 0 Å². The molecule has 5 nitrogen and oxygen atoms in total. The maximum atomic E-state index is 12.3. The minimum Gasteiger partial charge on any atom is -0.335 e. The zero-order chi connectivity index (χ0) is 16.9. The van der Waals surface area contributed by atoms with E-state index in [0.29, 0.717) is 6.42 Å². The van der Waals surface area contributed by atoms with Crippen LogP contribution in [0.5, 0.6) is 0 Å². The van der Waals surface area contributed by atoms with Crippen LogP contribution < -0.4 is 11.1 Å². The Morgan fingerprint density at radius 3 is 2.52 bits per heavy atom. The molecule has 0 radical (unpaired) electrons. The average molecular weight is 407 g/mol. The summed E-state index contributed by atoms with van der Waals surface area (Å²) in [6.45, 7) is 5.56. The van der Waals surface area contributed by atoms with Crippen LogP contribution in [0.1, 0.15) is 32.3 Å². The third kappa shape index (κ3) is 6.49. The molecule has 0 aliphatic rings. The van der Waals surface area contributed by atoms with E-state index < -0.39 is 5.54 Å². The maximum Gasteiger partial charge on any atom is 0.243 e. The first-order valence-corrected chi connectivity index (χ1v) is 8.07. The molecule has 0 aliphatic carbocycles. The molecule has 1 aromatic rings. The van der Waals surface area contributed by atoms with Gasteiger partial charge in [-0.1, -0.05) is 29.3 Å². The van der Waals surface area contributed by atoms with E-state index in [2.05, 4.69) is 21.2 Å². The normalized spacial score (nSPS) is 12.8. The fraction of sp³-hybridized carbons (Fsp3) is 0.500. The highest BCUT2D eigenvalue weighted by molar-refractivity contribution is 9.10. The van der Waals surface area contributed by atoms with Gasteiger partial charge in [-0.15, -0.1) is 12.4 Å². The summed E-state index contributed by atoms with van der Waals surface area (Å²) in [5.41, 5.74) is 6.76. The Kier molecular flexibility index (Phi) is 8.80. The molecule has 0 spiro atoms. The number of hydrogen-bond acceptors (Lipinski definition) is 3. The molecule has 0 aliphatic heterocycles. The van der Waals surface area contributed by atoms with Crippen molar-refractivity contribution in [2.24, 2.45) is 5.73 Å². The Morgan fingerprint density at radius 1 is 1.39 bits per heavy atom. The predicted molar refractivity (Wildman–Crippen MR) is 99.9 cm³/mol.